The molecule has 1 aliphatic heterocycles. The van der Waals surface area contributed by atoms with E-state index in [0.717, 1.165) is 45.2 Å². The zero-order valence-electron chi connectivity index (χ0n) is 10.5. The lowest BCUT2D eigenvalue weighted by Crippen LogP contribution is -2.38. The number of nitrogens with two attached hydrogens (primary N) is 1. The molecule has 16 heavy (non-hydrogen) atoms. The fourth-order valence-electron chi connectivity index (χ4n) is 1.90. The molecule has 4 nitrogen and oxygen atoms in total. The highest BCUT2D eigenvalue weighted by atomic mass is 16.5. The fraction of sp³-hybridized carbons (Fsp3) is 0.917. The van der Waals surface area contributed by atoms with Gasteiger partial charge in [0.05, 0.1) is 0 Å². The molecule has 1 saturated heterocycles. The number of aliphatic imine (C=N–C) groups is 1. The van der Waals surface area contributed by atoms with Crippen LogP contribution in [-0.4, -0.2) is 43.7 Å². The Morgan fingerprint density at radius 2 is 1.94 bits per heavy atom. The molecule has 94 valence electrons. The van der Waals surface area contributed by atoms with E-state index in [9.17, 15) is 0 Å². The van der Waals surface area contributed by atoms with E-state index in [0.29, 0.717) is 0 Å². The van der Waals surface area contributed by atoms with Gasteiger partial charge in [-0.25, -0.2) is 0 Å². The van der Waals surface area contributed by atoms with Crippen molar-refractivity contribution in [3.8, 4) is 0 Å². The Kier molecular flexibility index (Phi) is 6.97. The van der Waals surface area contributed by atoms with E-state index in [4.69, 9.17) is 10.5 Å². The van der Waals surface area contributed by atoms with E-state index < -0.39 is 0 Å². The molecule has 0 bridgehead atoms. The Bertz CT molecular complexity index is 198. The summed E-state index contributed by atoms with van der Waals surface area (Å²) in [7, 11) is 0. The van der Waals surface area contributed by atoms with Gasteiger partial charge >= 0.3 is 0 Å². The topological polar surface area (TPSA) is 50.9 Å². The molecule has 4 heteroatoms. The fourth-order valence-corrected chi connectivity index (χ4v) is 1.90. The number of rotatable bonds is 5. The van der Waals surface area contributed by atoms with Gasteiger partial charge in [-0.3, -0.25) is 4.99 Å². The third-order valence-electron chi connectivity index (χ3n) is 2.85. The van der Waals surface area contributed by atoms with Crippen molar-refractivity contribution in [1.29, 1.82) is 0 Å². The maximum Gasteiger partial charge on any atom is 0.191 e. The summed E-state index contributed by atoms with van der Waals surface area (Å²) in [4.78, 5) is 6.62. The summed E-state index contributed by atoms with van der Waals surface area (Å²) in [6, 6.07) is 0. The van der Waals surface area contributed by atoms with Crippen LogP contribution in [0.2, 0.25) is 0 Å². The van der Waals surface area contributed by atoms with Gasteiger partial charge in [0.2, 0.25) is 0 Å². The number of ether oxygens (including phenoxy) is 1. The van der Waals surface area contributed by atoms with Crippen LogP contribution in [0, 0.1) is 0 Å². The van der Waals surface area contributed by atoms with E-state index in [-0.39, 0.29) is 0 Å². The van der Waals surface area contributed by atoms with Gasteiger partial charge in [0.15, 0.2) is 5.96 Å². The highest BCUT2D eigenvalue weighted by Crippen LogP contribution is 2.08. The van der Waals surface area contributed by atoms with Gasteiger partial charge in [-0.1, -0.05) is 12.8 Å². The van der Waals surface area contributed by atoms with E-state index in [1.165, 1.54) is 25.7 Å². The van der Waals surface area contributed by atoms with Crippen molar-refractivity contribution >= 4 is 5.96 Å². The molecule has 0 atom stereocenters. The van der Waals surface area contributed by atoms with Crippen molar-refractivity contribution in [3.05, 3.63) is 0 Å². The first-order chi connectivity index (χ1) is 7.84. The molecule has 0 aromatic heterocycles. The highest BCUT2D eigenvalue weighted by molar-refractivity contribution is 5.78. The lowest BCUT2D eigenvalue weighted by molar-refractivity contribution is 0.146. The Balaban J connectivity index is 2.19. The second kappa shape index (κ2) is 8.39. The summed E-state index contributed by atoms with van der Waals surface area (Å²) in [6.45, 7) is 6.50. The van der Waals surface area contributed by atoms with Crippen molar-refractivity contribution in [3.63, 3.8) is 0 Å². The summed E-state index contributed by atoms with van der Waals surface area (Å²) >= 11 is 0. The zero-order chi connectivity index (χ0) is 11.6. The molecule has 0 unspecified atom stereocenters. The normalized spacial score (nSPS) is 18.6. The minimum absolute atomic E-state index is 0.721. The summed E-state index contributed by atoms with van der Waals surface area (Å²) in [5.74, 6) is 0.721. The van der Waals surface area contributed by atoms with E-state index >= 15 is 0 Å². The van der Waals surface area contributed by atoms with Crippen LogP contribution in [0.5, 0.6) is 0 Å². The average Bonchev–Trinajstić information content (AvgIpc) is 2.57. The molecule has 1 heterocycles. The van der Waals surface area contributed by atoms with Crippen LogP contribution in [0.1, 0.15) is 39.0 Å². The maximum absolute atomic E-state index is 5.97. The van der Waals surface area contributed by atoms with Crippen LogP contribution >= 0.6 is 0 Å². The average molecular weight is 227 g/mol. The largest absolute Gasteiger partial charge is 0.382 e. The highest BCUT2D eigenvalue weighted by Gasteiger charge is 2.10. The van der Waals surface area contributed by atoms with Gasteiger partial charge in [0.25, 0.3) is 0 Å². The van der Waals surface area contributed by atoms with Gasteiger partial charge in [0, 0.05) is 32.8 Å². The van der Waals surface area contributed by atoms with Crippen molar-refractivity contribution in [1.82, 2.24) is 4.90 Å². The van der Waals surface area contributed by atoms with E-state index in [1.807, 2.05) is 6.92 Å². The molecule has 1 aliphatic rings. The number of guanidine groups is 1. The standard InChI is InChI=1S/C12H25N3O/c1-2-16-11-7-8-14-12(13)15-9-5-3-4-6-10-15/h2-11H2,1H3,(H2,13,14). The minimum atomic E-state index is 0.721. The Hall–Kier alpha value is -0.770. The number of nitrogens with zero attached hydrogens (tertiary/aromatic N) is 2. The van der Waals surface area contributed by atoms with Gasteiger partial charge < -0.3 is 15.4 Å². The molecule has 0 saturated carbocycles. The molecule has 0 amide bonds. The molecule has 0 spiro atoms. The van der Waals surface area contributed by atoms with Gasteiger partial charge in [0.1, 0.15) is 0 Å². The van der Waals surface area contributed by atoms with Crippen molar-refractivity contribution in [2.45, 2.75) is 39.0 Å². The molecule has 0 aromatic rings. The quantitative estimate of drug-likeness (QED) is 0.441. The van der Waals surface area contributed by atoms with Crippen LogP contribution < -0.4 is 5.73 Å². The summed E-state index contributed by atoms with van der Waals surface area (Å²) in [5.41, 5.74) is 5.97. The van der Waals surface area contributed by atoms with E-state index in [1.54, 1.807) is 0 Å². The third-order valence-corrected chi connectivity index (χ3v) is 2.85. The van der Waals surface area contributed by atoms with Crippen LogP contribution in [-0.2, 0) is 4.74 Å². The van der Waals surface area contributed by atoms with Crippen LogP contribution in [0.3, 0.4) is 0 Å². The third kappa shape index (κ3) is 5.35. The zero-order valence-corrected chi connectivity index (χ0v) is 10.5. The maximum atomic E-state index is 5.97. The Morgan fingerprint density at radius 1 is 1.25 bits per heavy atom. The van der Waals surface area contributed by atoms with E-state index in [2.05, 4.69) is 9.89 Å². The van der Waals surface area contributed by atoms with Gasteiger partial charge in [-0.2, -0.15) is 0 Å². The van der Waals surface area contributed by atoms with Crippen molar-refractivity contribution in [2.75, 3.05) is 32.8 Å². The summed E-state index contributed by atoms with van der Waals surface area (Å²) in [5, 5.41) is 0. The summed E-state index contributed by atoms with van der Waals surface area (Å²) < 4.78 is 5.26. The molecule has 0 aromatic carbocycles. The van der Waals surface area contributed by atoms with Crippen LogP contribution in [0.25, 0.3) is 0 Å². The lowest BCUT2D eigenvalue weighted by Gasteiger charge is -2.21. The number of hydrogen-bond acceptors (Lipinski definition) is 2. The Labute approximate surface area is 98.9 Å². The molecule has 1 rings (SSSR count). The molecule has 1 fully saturated rings. The molecule has 2 N–H and O–H groups in total. The predicted octanol–water partition coefficient (Wildman–Crippen LogP) is 1.60. The summed E-state index contributed by atoms with van der Waals surface area (Å²) in [6.07, 6.45) is 6.11. The SMILES string of the molecule is CCOCCCN=C(N)N1CCCCCC1. The van der Waals surface area contributed by atoms with Crippen LogP contribution in [0.15, 0.2) is 4.99 Å². The first-order valence-electron chi connectivity index (χ1n) is 6.47. The lowest BCUT2D eigenvalue weighted by atomic mass is 10.2. The second-order valence-corrected chi connectivity index (χ2v) is 4.19. The molecular weight excluding hydrogens is 202 g/mol. The monoisotopic (exact) mass is 227 g/mol. The number of hydrogen-bond donors (Lipinski definition) is 1. The first kappa shape index (κ1) is 13.3. The molecule has 0 aliphatic carbocycles. The van der Waals surface area contributed by atoms with Crippen LogP contribution in [0.4, 0.5) is 0 Å². The van der Waals surface area contributed by atoms with Crippen molar-refractivity contribution < 1.29 is 4.74 Å². The second-order valence-electron chi connectivity index (χ2n) is 4.19. The Morgan fingerprint density at radius 3 is 2.56 bits per heavy atom. The van der Waals surface area contributed by atoms with Gasteiger partial charge in [-0.05, 0) is 26.2 Å². The van der Waals surface area contributed by atoms with Gasteiger partial charge in [-0.15, -0.1) is 0 Å². The van der Waals surface area contributed by atoms with Crippen molar-refractivity contribution in [2.24, 2.45) is 10.7 Å². The minimum Gasteiger partial charge on any atom is -0.382 e. The predicted molar refractivity (Wildman–Crippen MR) is 67.6 cm³/mol. The smallest absolute Gasteiger partial charge is 0.191 e. The molecular formula is C12H25N3O. The number of likely N-dealkylation sites (tertiary alicyclic amines) is 1. The molecule has 0 radical (unpaired) electrons. The first-order valence-corrected chi connectivity index (χ1v) is 6.47.